The second kappa shape index (κ2) is 7.21. The lowest BCUT2D eigenvalue weighted by atomic mass is 10.0. The Labute approximate surface area is 158 Å². The van der Waals surface area contributed by atoms with E-state index in [2.05, 4.69) is 10.2 Å². The largest absolute Gasteiger partial charge is 0.444 e. The van der Waals surface area contributed by atoms with Gasteiger partial charge in [0.2, 0.25) is 5.91 Å². The summed E-state index contributed by atoms with van der Waals surface area (Å²) >= 11 is 0. The van der Waals surface area contributed by atoms with E-state index in [1.165, 1.54) is 6.92 Å². The van der Waals surface area contributed by atoms with Gasteiger partial charge >= 0.3 is 6.09 Å². The van der Waals surface area contributed by atoms with Crippen LogP contribution in [0.15, 0.2) is 0 Å². The molecular weight excluding hydrogens is 350 g/mol. The van der Waals surface area contributed by atoms with E-state index in [9.17, 15) is 14.4 Å². The molecule has 0 atom stereocenters. The maximum Gasteiger partial charge on any atom is 0.410 e. The van der Waals surface area contributed by atoms with Crippen LogP contribution in [0.4, 0.5) is 4.79 Å². The molecule has 0 saturated carbocycles. The van der Waals surface area contributed by atoms with Crippen molar-refractivity contribution < 1.29 is 19.1 Å². The summed E-state index contributed by atoms with van der Waals surface area (Å²) in [4.78, 5) is 41.8. The first-order valence-electron chi connectivity index (χ1n) is 9.24. The summed E-state index contributed by atoms with van der Waals surface area (Å²) in [6.45, 7) is 9.85. The number of piperazine rings is 1. The van der Waals surface area contributed by atoms with Gasteiger partial charge in [-0.25, -0.2) is 4.79 Å². The molecule has 3 heterocycles. The Kier molecular flexibility index (Phi) is 5.12. The average molecular weight is 377 g/mol. The number of carbonyl (C=O) groups excluding carboxylic acids is 3. The first-order chi connectivity index (χ1) is 12.7. The van der Waals surface area contributed by atoms with Crippen molar-refractivity contribution in [3.05, 3.63) is 17.0 Å². The van der Waals surface area contributed by atoms with Gasteiger partial charge in [-0.05, 0) is 20.8 Å². The van der Waals surface area contributed by atoms with Gasteiger partial charge in [-0.15, -0.1) is 0 Å². The molecule has 1 saturated heterocycles. The normalized spacial score (nSPS) is 17.6. The molecule has 9 nitrogen and oxygen atoms in total. The number of carbonyl (C=O) groups is 3. The molecule has 1 fully saturated rings. The number of amides is 3. The molecule has 1 aromatic rings. The molecule has 3 amide bonds. The number of nitrogens with one attached hydrogen (secondary N) is 1. The third-order valence-corrected chi connectivity index (χ3v) is 4.80. The van der Waals surface area contributed by atoms with Crippen molar-refractivity contribution in [1.82, 2.24) is 24.9 Å². The van der Waals surface area contributed by atoms with E-state index in [-0.39, 0.29) is 17.9 Å². The van der Waals surface area contributed by atoms with E-state index in [1.807, 2.05) is 20.8 Å². The van der Waals surface area contributed by atoms with Crippen molar-refractivity contribution in [3.63, 3.8) is 0 Å². The van der Waals surface area contributed by atoms with Gasteiger partial charge in [0.05, 0.1) is 6.54 Å². The number of ether oxygens (including phenoxy) is 1. The van der Waals surface area contributed by atoms with Crippen LogP contribution < -0.4 is 0 Å². The topological polar surface area (TPSA) is 98.8 Å². The van der Waals surface area contributed by atoms with Gasteiger partial charge in [0.25, 0.3) is 5.91 Å². The maximum atomic E-state index is 12.9. The molecule has 0 aromatic carbocycles. The predicted molar refractivity (Wildman–Crippen MR) is 97.1 cm³/mol. The fourth-order valence-corrected chi connectivity index (χ4v) is 3.33. The van der Waals surface area contributed by atoms with Crippen molar-refractivity contribution in [2.24, 2.45) is 0 Å². The van der Waals surface area contributed by atoms with E-state index in [1.54, 1.807) is 14.7 Å². The lowest BCUT2D eigenvalue weighted by Crippen LogP contribution is -2.50. The van der Waals surface area contributed by atoms with E-state index < -0.39 is 5.60 Å². The molecule has 0 bridgehead atoms. The zero-order valence-corrected chi connectivity index (χ0v) is 16.4. The van der Waals surface area contributed by atoms with Crippen LogP contribution >= 0.6 is 0 Å². The standard InChI is InChI=1S/C18H27N5O4/c1-12(24)21-7-9-22(10-8-21)16(25)15-13-11-23(6-5-14(13)19-20-15)17(26)27-18(2,3)4/h5-11H2,1-4H3,(H,19,20). The van der Waals surface area contributed by atoms with Gasteiger partial charge in [0.15, 0.2) is 5.69 Å². The molecule has 0 radical (unpaired) electrons. The zero-order chi connectivity index (χ0) is 19.8. The molecule has 148 valence electrons. The molecule has 1 aromatic heterocycles. The van der Waals surface area contributed by atoms with Gasteiger partial charge in [0, 0.05) is 57.3 Å². The number of aromatic amines is 1. The first kappa shape index (κ1) is 19.2. The molecule has 1 N–H and O–H groups in total. The minimum Gasteiger partial charge on any atom is -0.444 e. The molecule has 2 aliphatic rings. The quantitative estimate of drug-likeness (QED) is 0.787. The maximum absolute atomic E-state index is 12.9. The number of aromatic nitrogens is 2. The summed E-state index contributed by atoms with van der Waals surface area (Å²) in [6.07, 6.45) is 0.218. The van der Waals surface area contributed by atoms with E-state index >= 15 is 0 Å². The fraction of sp³-hybridized carbons (Fsp3) is 0.667. The summed E-state index contributed by atoms with van der Waals surface area (Å²) in [5.41, 5.74) is 1.43. The van der Waals surface area contributed by atoms with E-state index in [4.69, 9.17) is 4.74 Å². The third kappa shape index (κ3) is 4.23. The first-order valence-corrected chi connectivity index (χ1v) is 9.24. The highest BCUT2D eigenvalue weighted by molar-refractivity contribution is 5.94. The number of nitrogens with zero attached hydrogens (tertiary/aromatic N) is 4. The predicted octanol–water partition coefficient (Wildman–Crippen LogP) is 1.01. The van der Waals surface area contributed by atoms with Crippen molar-refractivity contribution in [1.29, 1.82) is 0 Å². The van der Waals surface area contributed by atoms with Gasteiger partial charge < -0.3 is 19.4 Å². The van der Waals surface area contributed by atoms with Crippen LogP contribution in [0.2, 0.25) is 0 Å². The summed E-state index contributed by atoms with van der Waals surface area (Å²) < 4.78 is 5.44. The van der Waals surface area contributed by atoms with Crippen molar-refractivity contribution in [3.8, 4) is 0 Å². The second-order valence-electron chi connectivity index (χ2n) is 7.98. The molecule has 9 heteroatoms. The van der Waals surface area contributed by atoms with Crippen LogP contribution in [0.1, 0.15) is 49.4 Å². The van der Waals surface area contributed by atoms with Gasteiger partial charge in [-0.2, -0.15) is 5.10 Å². The molecule has 27 heavy (non-hydrogen) atoms. The minimum absolute atomic E-state index is 0.0206. The number of hydrogen-bond donors (Lipinski definition) is 1. The smallest absolute Gasteiger partial charge is 0.410 e. The lowest BCUT2D eigenvalue weighted by Gasteiger charge is -2.34. The van der Waals surface area contributed by atoms with Gasteiger partial charge in [0.1, 0.15) is 5.60 Å². The highest BCUT2D eigenvalue weighted by Gasteiger charge is 2.32. The molecular formula is C18H27N5O4. The second-order valence-corrected chi connectivity index (χ2v) is 7.98. The highest BCUT2D eigenvalue weighted by Crippen LogP contribution is 2.23. The van der Waals surface area contributed by atoms with Crippen molar-refractivity contribution >= 4 is 17.9 Å². The van der Waals surface area contributed by atoms with Crippen LogP contribution in [0.3, 0.4) is 0 Å². The van der Waals surface area contributed by atoms with Crippen molar-refractivity contribution in [2.45, 2.75) is 46.3 Å². The van der Waals surface area contributed by atoms with E-state index in [0.29, 0.717) is 51.4 Å². The fourth-order valence-electron chi connectivity index (χ4n) is 3.33. The molecule has 3 rings (SSSR count). The highest BCUT2D eigenvalue weighted by atomic mass is 16.6. The lowest BCUT2D eigenvalue weighted by molar-refractivity contribution is -0.130. The van der Waals surface area contributed by atoms with Crippen LogP contribution in [-0.4, -0.2) is 81.1 Å². The van der Waals surface area contributed by atoms with Gasteiger partial charge in [-0.3, -0.25) is 14.7 Å². The Bertz CT molecular complexity index is 743. The molecule has 0 spiro atoms. The molecule has 0 aliphatic carbocycles. The zero-order valence-electron chi connectivity index (χ0n) is 16.4. The minimum atomic E-state index is -0.567. The Hall–Kier alpha value is -2.58. The molecule has 0 unspecified atom stereocenters. The number of H-pyrrole nitrogens is 1. The summed E-state index contributed by atoms with van der Waals surface area (Å²) in [6, 6.07) is 0. The summed E-state index contributed by atoms with van der Waals surface area (Å²) in [7, 11) is 0. The summed E-state index contributed by atoms with van der Waals surface area (Å²) in [5.74, 6) is -0.144. The number of rotatable bonds is 1. The Morgan fingerprint density at radius 1 is 1.00 bits per heavy atom. The van der Waals surface area contributed by atoms with Gasteiger partial charge in [-0.1, -0.05) is 0 Å². The Morgan fingerprint density at radius 3 is 2.22 bits per heavy atom. The Balaban J connectivity index is 1.70. The molecule has 2 aliphatic heterocycles. The average Bonchev–Trinajstić information content (AvgIpc) is 3.02. The van der Waals surface area contributed by atoms with E-state index in [0.717, 1.165) is 11.3 Å². The monoisotopic (exact) mass is 377 g/mol. The van der Waals surface area contributed by atoms with Crippen LogP contribution in [0.5, 0.6) is 0 Å². The van der Waals surface area contributed by atoms with Crippen LogP contribution in [-0.2, 0) is 22.5 Å². The summed E-state index contributed by atoms with van der Waals surface area (Å²) in [5, 5.41) is 7.16. The third-order valence-electron chi connectivity index (χ3n) is 4.80. The Morgan fingerprint density at radius 2 is 1.63 bits per heavy atom. The van der Waals surface area contributed by atoms with Crippen LogP contribution in [0, 0.1) is 0 Å². The van der Waals surface area contributed by atoms with Crippen molar-refractivity contribution in [2.75, 3.05) is 32.7 Å². The van der Waals surface area contributed by atoms with Crippen LogP contribution in [0.25, 0.3) is 0 Å². The SMILES string of the molecule is CC(=O)N1CCN(C(=O)c2n[nH]c3c2CN(C(=O)OC(C)(C)C)CC3)CC1. The number of fused-ring (bicyclic) bond motifs is 1. The number of hydrogen-bond acceptors (Lipinski definition) is 5.